The van der Waals surface area contributed by atoms with Gasteiger partial charge in [-0.25, -0.2) is 0 Å². The number of likely N-dealkylation sites (N-methyl/N-ethyl adjacent to an activating group) is 1. The fourth-order valence-electron chi connectivity index (χ4n) is 1.19. The highest BCUT2D eigenvalue weighted by atomic mass is 32.1. The van der Waals surface area contributed by atoms with Gasteiger partial charge in [-0.3, -0.25) is 4.79 Å². The Balaban J connectivity index is 2.50. The van der Waals surface area contributed by atoms with Crippen molar-refractivity contribution >= 4 is 17.2 Å². The van der Waals surface area contributed by atoms with Gasteiger partial charge >= 0.3 is 0 Å². The van der Waals surface area contributed by atoms with Gasteiger partial charge in [-0.15, -0.1) is 0 Å². The lowest BCUT2D eigenvalue weighted by Gasteiger charge is -2.19. The molecule has 0 spiro atoms. The molecule has 0 fully saturated rings. The molecule has 4 heteroatoms. The van der Waals surface area contributed by atoms with Crippen molar-refractivity contribution in [2.24, 2.45) is 5.73 Å². The molecule has 0 aromatic carbocycles. The Morgan fingerprint density at radius 1 is 1.71 bits per heavy atom. The Morgan fingerprint density at radius 3 is 2.93 bits per heavy atom. The number of nitrogens with two attached hydrogens (primary N) is 1. The average molecular weight is 212 g/mol. The summed E-state index contributed by atoms with van der Waals surface area (Å²) in [6, 6.07) is 1.66. The lowest BCUT2D eigenvalue weighted by Crippen LogP contribution is -2.40. The van der Waals surface area contributed by atoms with Gasteiger partial charge in [-0.2, -0.15) is 11.3 Å². The molecule has 0 unspecified atom stereocenters. The Labute approximate surface area is 88.5 Å². The van der Waals surface area contributed by atoms with Crippen LogP contribution >= 0.6 is 11.3 Å². The lowest BCUT2D eigenvalue weighted by molar-refractivity contribution is -0.131. The summed E-state index contributed by atoms with van der Waals surface area (Å²) in [6.45, 7) is 2.57. The summed E-state index contributed by atoms with van der Waals surface area (Å²) >= 11 is 1.64. The molecule has 3 nitrogen and oxygen atoms in total. The van der Waals surface area contributed by atoms with E-state index in [1.165, 1.54) is 0 Å². The van der Waals surface area contributed by atoms with Crippen LogP contribution in [0.3, 0.4) is 0 Å². The van der Waals surface area contributed by atoms with Gasteiger partial charge in [0.1, 0.15) is 0 Å². The van der Waals surface area contributed by atoms with Gasteiger partial charge in [0.2, 0.25) is 5.91 Å². The van der Waals surface area contributed by atoms with E-state index in [0.717, 1.165) is 5.56 Å². The van der Waals surface area contributed by atoms with E-state index < -0.39 is 0 Å². The van der Waals surface area contributed by atoms with Crippen molar-refractivity contribution in [1.29, 1.82) is 0 Å². The smallest absolute Gasteiger partial charge is 0.239 e. The van der Waals surface area contributed by atoms with E-state index in [0.29, 0.717) is 13.0 Å². The van der Waals surface area contributed by atoms with E-state index >= 15 is 0 Å². The SMILES string of the molecule is CC[C@@H](N)C(=O)N(C)Cc1ccsc1. The van der Waals surface area contributed by atoms with E-state index in [-0.39, 0.29) is 11.9 Å². The molecule has 0 aliphatic rings. The maximum Gasteiger partial charge on any atom is 0.239 e. The van der Waals surface area contributed by atoms with Crippen molar-refractivity contribution < 1.29 is 4.79 Å². The van der Waals surface area contributed by atoms with Crippen LogP contribution < -0.4 is 5.73 Å². The van der Waals surface area contributed by atoms with Crippen LogP contribution in [0.1, 0.15) is 18.9 Å². The number of hydrogen-bond donors (Lipinski definition) is 1. The molecule has 2 N–H and O–H groups in total. The van der Waals surface area contributed by atoms with E-state index in [4.69, 9.17) is 5.73 Å². The molecule has 0 saturated carbocycles. The fourth-order valence-corrected chi connectivity index (χ4v) is 1.85. The lowest BCUT2D eigenvalue weighted by atomic mass is 10.2. The molecule has 1 aromatic rings. The van der Waals surface area contributed by atoms with E-state index in [1.54, 1.807) is 23.3 Å². The number of nitrogens with zero attached hydrogens (tertiary/aromatic N) is 1. The highest BCUT2D eigenvalue weighted by Gasteiger charge is 2.15. The first kappa shape index (κ1) is 11.2. The van der Waals surface area contributed by atoms with Crippen molar-refractivity contribution in [1.82, 2.24) is 4.90 Å². The fraction of sp³-hybridized carbons (Fsp3) is 0.500. The topological polar surface area (TPSA) is 46.3 Å². The first-order valence-electron chi connectivity index (χ1n) is 4.66. The van der Waals surface area contributed by atoms with Gasteiger partial charge in [-0.05, 0) is 28.8 Å². The maximum absolute atomic E-state index is 11.6. The quantitative estimate of drug-likeness (QED) is 0.821. The third-order valence-electron chi connectivity index (χ3n) is 2.13. The summed E-state index contributed by atoms with van der Waals surface area (Å²) in [5.41, 5.74) is 6.82. The maximum atomic E-state index is 11.6. The Hall–Kier alpha value is -0.870. The first-order chi connectivity index (χ1) is 6.65. The summed E-state index contributed by atoms with van der Waals surface area (Å²) in [5, 5.41) is 4.05. The van der Waals surface area contributed by atoms with Crippen LogP contribution in [0.4, 0.5) is 0 Å². The molecule has 0 aliphatic carbocycles. The summed E-state index contributed by atoms with van der Waals surface area (Å²) < 4.78 is 0. The summed E-state index contributed by atoms with van der Waals surface area (Å²) in [4.78, 5) is 13.3. The number of hydrogen-bond acceptors (Lipinski definition) is 3. The van der Waals surface area contributed by atoms with Crippen molar-refractivity contribution in [3.63, 3.8) is 0 Å². The molecule has 1 atom stereocenters. The zero-order valence-electron chi connectivity index (χ0n) is 8.56. The van der Waals surface area contributed by atoms with E-state index in [2.05, 4.69) is 0 Å². The third kappa shape index (κ3) is 2.82. The molecule has 0 aliphatic heterocycles. The average Bonchev–Trinajstić information content (AvgIpc) is 2.68. The minimum Gasteiger partial charge on any atom is -0.340 e. The minimum absolute atomic E-state index is 0.0127. The zero-order chi connectivity index (χ0) is 10.6. The van der Waals surface area contributed by atoms with E-state index in [9.17, 15) is 4.79 Å². The molecule has 0 radical (unpaired) electrons. The second kappa shape index (κ2) is 5.12. The Bertz CT molecular complexity index is 284. The number of thiophene rings is 1. The summed E-state index contributed by atoms with van der Waals surface area (Å²) in [5.74, 6) is 0.0127. The monoisotopic (exact) mass is 212 g/mol. The highest BCUT2D eigenvalue weighted by molar-refractivity contribution is 7.07. The van der Waals surface area contributed by atoms with Gasteiger partial charge in [0.15, 0.2) is 0 Å². The van der Waals surface area contributed by atoms with Crippen molar-refractivity contribution in [3.8, 4) is 0 Å². The molecule has 14 heavy (non-hydrogen) atoms. The van der Waals surface area contributed by atoms with Crippen LogP contribution in [0.25, 0.3) is 0 Å². The number of rotatable bonds is 4. The molecular weight excluding hydrogens is 196 g/mol. The molecule has 0 saturated heterocycles. The molecular formula is C10H16N2OS. The summed E-state index contributed by atoms with van der Waals surface area (Å²) in [6.07, 6.45) is 0.687. The van der Waals surface area contributed by atoms with Crippen LogP contribution in [0.5, 0.6) is 0 Å². The Kier molecular flexibility index (Phi) is 4.10. The van der Waals surface area contributed by atoms with E-state index in [1.807, 2.05) is 23.8 Å². The Morgan fingerprint density at radius 2 is 2.43 bits per heavy atom. The molecule has 1 rings (SSSR count). The standard InChI is InChI=1S/C10H16N2OS/c1-3-9(11)10(13)12(2)6-8-4-5-14-7-8/h4-5,7,9H,3,6,11H2,1-2H3/t9-/m1/s1. The van der Waals surface area contributed by atoms with Crippen molar-refractivity contribution in [2.45, 2.75) is 25.9 Å². The van der Waals surface area contributed by atoms with Gasteiger partial charge in [0, 0.05) is 13.6 Å². The molecule has 1 aromatic heterocycles. The second-order valence-electron chi connectivity index (χ2n) is 3.34. The summed E-state index contributed by atoms with van der Waals surface area (Å²) in [7, 11) is 1.79. The van der Waals surface area contributed by atoms with Gasteiger partial charge in [0.25, 0.3) is 0 Å². The molecule has 1 heterocycles. The minimum atomic E-state index is -0.362. The van der Waals surface area contributed by atoms with Crippen molar-refractivity contribution in [3.05, 3.63) is 22.4 Å². The van der Waals surface area contributed by atoms with Crippen molar-refractivity contribution in [2.75, 3.05) is 7.05 Å². The van der Waals surface area contributed by atoms with Gasteiger partial charge < -0.3 is 10.6 Å². The van der Waals surface area contributed by atoms with Gasteiger partial charge in [-0.1, -0.05) is 6.92 Å². The molecule has 0 bridgehead atoms. The predicted molar refractivity (Wildman–Crippen MR) is 59.1 cm³/mol. The predicted octanol–water partition coefficient (Wildman–Crippen LogP) is 1.44. The number of carbonyl (C=O) groups excluding carboxylic acids is 1. The first-order valence-corrected chi connectivity index (χ1v) is 5.61. The molecule has 78 valence electrons. The molecule has 1 amide bonds. The second-order valence-corrected chi connectivity index (χ2v) is 4.12. The van der Waals surface area contributed by atoms with Crippen LogP contribution in [-0.4, -0.2) is 23.9 Å². The normalized spacial score (nSPS) is 12.5. The highest BCUT2D eigenvalue weighted by Crippen LogP contribution is 2.09. The largest absolute Gasteiger partial charge is 0.340 e. The number of amides is 1. The van der Waals surface area contributed by atoms with Crippen LogP contribution in [0.2, 0.25) is 0 Å². The van der Waals surface area contributed by atoms with Crippen LogP contribution in [0.15, 0.2) is 16.8 Å². The van der Waals surface area contributed by atoms with Gasteiger partial charge in [0.05, 0.1) is 6.04 Å². The van der Waals surface area contributed by atoms with Crippen LogP contribution in [0, 0.1) is 0 Å². The van der Waals surface area contributed by atoms with Crippen LogP contribution in [-0.2, 0) is 11.3 Å². The third-order valence-corrected chi connectivity index (χ3v) is 2.87. The zero-order valence-corrected chi connectivity index (χ0v) is 9.38. The number of carbonyl (C=O) groups is 1.